The lowest BCUT2D eigenvalue weighted by Gasteiger charge is -2.18. The SMILES string of the molecule is C[C@@H](OC(=O)[C@@H]1CC(=O)N(CCc2ccccc2)C1)C(=O)Nc1ccc(C#N)cc1. The molecular formula is C23H23N3O4. The van der Waals surface area contributed by atoms with Gasteiger partial charge in [-0.1, -0.05) is 30.3 Å². The van der Waals surface area contributed by atoms with Crippen LogP contribution in [-0.2, 0) is 25.5 Å². The van der Waals surface area contributed by atoms with Crippen LogP contribution >= 0.6 is 0 Å². The average molecular weight is 405 g/mol. The number of nitrogens with zero attached hydrogens (tertiary/aromatic N) is 2. The summed E-state index contributed by atoms with van der Waals surface area (Å²) in [7, 11) is 0. The number of rotatable bonds is 7. The van der Waals surface area contributed by atoms with Crippen LogP contribution in [0, 0.1) is 17.2 Å². The van der Waals surface area contributed by atoms with Gasteiger partial charge >= 0.3 is 5.97 Å². The summed E-state index contributed by atoms with van der Waals surface area (Å²) in [5.74, 6) is -1.67. The van der Waals surface area contributed by atoms with Crippen molar-refractivity contribution in [3.05, 3.63) is 65.7 Å². The molecule has 0 saturated carbocycles. The molecule has 0 radical (unpaired) electrons. The normalized spacial score (nSPS) is 16.6. The molecule has 1 fully saturated rings. The van der Waals surface area contributed by atoms with Gasteiger partial charge in [-0.3, -0.25) is 14.4 Å². The molecule has 1 N–H and O–H groups in total. The van der Waals surface area contributed by atoms with Crippen LogP contribution in [-0.4, -0.2) is 41.9 Å². The number of amides is 2. The van der Waals surface area contributed by atoms with Crippen LogP contribution in [0.2, 0.25) is 0 Å². The number of esters is 1. The van der Waals surface area contributed by atoms with E-state index in [0.29, 0.717) is 24.3 Å². The number of hydrogen-bond acceptors (Lipinski definition) is 5. The number of benzene rings is 2. The highest BCUT2D eigenvalue weighted by Gasteiger charge is 2.36. The predicted molar refractivity (Wildman–Crippen MR) is 110 cm³/mol. The third-order valence-corrected chi connectivity index (χ3v) is 5.00. The monoisotopic (exact) mass is 405 g/mol. The summed E-state index contributed by atoms with van der Waals surface area (Å²) in [5, 5.41) is 11.5. The van der Waals surface area contributed by atoms with E-state index in [1.165, 1.54) is 6.92 Å². The summed E-state index contributed by atoms with van der Waals surface area (Å²) in [5.41, 5.74) is 2.12. The molecule has 7 nitrogen and oxygen atoms in total. The third-order valence-electron chi connectivity index (χ3n) is 5.00. The van der Waals surface area contributed by atoms with Crippen molar-refractivity contribution in [2.24, 2.45) is 5.92 Å². The van der Waals surface area contributed by atoms with Gasteiger partial charge in [0, 0.05) is 25.2 Å². The van der Waals surface area contributed by atoms with Gasteiger partial charge in [-0.2, -0.15) is 5.26 Å². The molecule has 1 saturated heterocycles. The lowest BCUT2D eigenvalue weighted by Crippen LogP contribution is -2.33. The van der Waals surface area contributed by atoms with Gasteiger partial charge in [0.25, 0.3) is 5.91 Å². The van der Waals surface area contributed by atoms with Gasteiger partial charge in [-0.05, 0) is 43.2 Å². The first-order valence-electron chi connectivity index (χ1n) is 9.79. The maximum atomic E-state index is 12.4. The molecule has 2 aromatic rings. The largest absolute Gasteiger partial charge is 0.452 e. The summed E-state index contributed by atoms with van der Waals surface area (Å²) in [4.78, 5) is 38.6. The van der Waals surface area contributed by atoms with Crippen LogP contribution in [0.15, 0.2) is 54.6 Å². The minimum atomic E-state index is -0.999. The van der Waals surface area contributed by atoms with Crippen molar-refractivity contribution in [2.75, 3.05) is 18.4 Å². The Bertz CT molecular complexity index is 951. The Kier molecular flexibility index (Phi) is 6.81. The van der Waals surface area contributed by atoms with Gasteiger partial charge < -0.3 is 15.0 Å². The molecule has 0 bridgehead atoms. The second-order valence-corrected chi connectivity index (χ2v) is 7.23. The highest BCUT2D eigenvalue weighted by Crippen LogP contribution is 2.20. The smallest absolute Gasteiger partial charge is 0.312 e. The van der Waals surface area contributed by atoms with Crippen molar-refractivity contribution in [3.63, 3.8) is 0 Å². The molecule has 2 aromatic carbocycles. The van der Waals surface area contributed by atoms with Gasteiger partial charge in [-0.25, -0.2) is 0 Å². The van der Waals surface area contributed by atoms with Gasteiger partial charge in [0.1, 0.15) is 0 Å². The van der Waals surface area contributed by atoms with Gasteiger partial charge in [0.2, 0.25) is 5.91 Å². The first-order valence-corrected chi connectivity index (χ1v) is 9.79. The minimum Gasteiger partial charge on any atom is -0.452 e. The quantitative estimate of drug-likeness (QED) is 0.714. The van der Waals surface area contributed by atoms with Crippen molar-refractivity contribution in [1.29, 1.82) is 5.26 Å². The molecule has 0 unspecified atom stereocenters. The Morgan fingerprint density at radius 3 is 2.57 bits per heavy atom. The maximum absolute atomic E-state index is 12.4. The Hall–Kier alpha value is -3.66. The van der Waals surface area contributed by atoms with Crippen LogP contribution in [0.4, 0.5) is 5.69 Å². The zero-order chi connectivity index (χ0) is 21.5. The number of carbonyl (C=O) groups excluding carboxylic acids is 3. The molecule has 0 aromatic heterocycles. The van der Waals surface area contributed by atoms with E-state index in [1.54, 1.807) is 29.2 Å². The van der Waals surface area contributed by atoms with E-state index in [9.17, 15) is 14.4 Å². The summed E-state index contributed by atoms with van der Waals surface area (Å²) < 4.78 is 5.29. The Labute approximate surface area is 175 Å². The van der Waals surface area contributed by atoms with Gasteiger partial charge in [0.15, 0.2) is 6.10 Å². The number of carbonyl (C=O) groups is 3. The predicted octanol–water partition coefficient (Wildman–Crippen LogP) is 2.52. The number of ether oxygens (including phenoxy) is 1. The average Bonchev–Trinajstić information content (AvgIpc) is 3.14. The lowest BCUT2D eigenvalue weighted by atomic mass is 10.1. The van der Waals surface area contributed by atoms with E-state index in [4.69, 9.17) is 10.00 Å². The molecule has 1 aliphatic heterocycles. The summed E-state index contributed by atoms with van der Waals surface area (Å²) in [6.07, 6.45) is -0.184. The molecule has 7 heteroatoms. The third kappa shape index (κ3) is 5.45. The van der Waals surface area contributed by atoms with E-state index in [-0.39, 0.29) is 12.3 Å². The van der Waals surface area contributed by atoms with Crippen molar-refractivity contribution in [2.45, 2.75) is 25.9 Å². The number of nitrogens with one attached hydrogen (secondary N) is 1. The number of likely N-dealkylation sites (tertiary alicyclic amines) is 1. The summed E-state index contributed by atoms with van der Waals surface area (Å²) in [6, 6.07) is 18.2. The van der Waals surface area contributed by atoms with Crippen LogP contribution in [0.5, 0.6) is 0 Å². The van der Waals surface area contributed by atoms with Crippen molar-refractivity contribution in [3.8, 4) is 6.07 Å². The topological polar surface area (TPSA) is 99.5 Å². The second kappa shape index (κ2) is 9.70. The highest BCUT2D eigenvalue weighted by molar-refractivity contribution is 5.95. The Balaban J connectivity index is 1.48. The fourth-order valence-electron chi connectivity index (χ4n) is 3.25. The van der Waals surface area contributed by atoms with E-state index in [1.807, 2.05) is 36.4 Å². The number of nitriles is 1. The van der Waals surface area contributed by atoms with E-state index in [2.05, 4.69) is 5.32 Å². The summed E-state index contributed by atoms with van der Waals surface area (Å²) in [6.45, 7) is 2.33. The first-order chi connectivity index (χ1) is 14.5. The lowest BCUT2D eigenvalue weighted by molar-refractivity contribution is -0.157. The molecule has 2 amide bonds. The summed E-state index contributed by atoms with van der Waals surface area (Å²) >= 11 is 0. The molecular weight excluding hydrogens is 382 g/mol. The second-order valence-electron chi connectivity index (χ2n) is 7.23. The minimum absolute atomic E-state index is 0.0810. The van der Waals surface area contributed by atoms with Crippen LogP contribution in [0.1, 0.15) is 24.5 Å². The first kappa shape index (κ1) is 21.1. The molecule has 1 heterocycles. The molecule has 1 aliphatic rings. The van der Waals surface area contributed by atoms with Gasteiger partial charge in [0.05, 0.1) is 17.6 Å². The van der Waals surface area contributed by atoms with Crippen molar-refractivity contribution < 1.29 is 19.1 Å². The van der Waals surface area contributed by atoms with E-state index < -0.39 is 23.9 Å². The van der Waals surface area contributed by atoms with Crippen LogP contribution in [0.25, 0.3) is 0 Å². The van der Waals surface area contributed by atoms with Gasteiger partial charge in [-0.15, -0.1) is 0 Å². The highest BCUT2D eigenvalue weighted by atomic mass is 16.5. The number of hydrogen-bond donors (Lipinski definition) is 1. The van der Waals surface area contributed by atoms with Crippen molar-refractivity contribution in [1.82, 2.24) is 4.90 Å². The van der Waals surface area contributed by atoms with Crippen LogP contribution < -0.4 is 5.32 Å². The fraction of sp³-hybridized carbons (Fsp3) is 0.304. The maximum Gasteiger partial charge on any atom is 0.312 e. The van der Waals surface area contributed by atoms with Crippen molar-refractivity contribution >= 4 is 23.5 Å². The zero-order valence-electron chi connectivity index (χ0n) is 16.7. The van der Waals surface area contributed by atoms with E-state index >= 15 is 0 Å². The molecule has 154 valence electrons. The Morgan fingerprint density at radius 1 is 1.20 bits per heavy atom. The molecule has 30 heavy (non-hydrogen) atoms. The van der Waals surface area contributed by atoms with E-state index in [0.717, 1.165) is 12.0 Å². The molecule has 0 spiro atoms. The molecule has 2 atom stereocenters. The standard InChI is InChI=1S/C23H23N3O4/c1-16(22(28)25-20-9-7-18(14-24)8-10-20)30-23(29)19-13-21(27)26(15-19)12-11-17-5-3-2-4-6-17/h2-10,16,19H,11-13,15H2,1H3,(H,25,28)/t16-,19-/m1/s1. The molecule has 3 rings (SSSR count). The number of anilines is 1. The Morgan fingerprint density at radius 2 is 1.90 bits per heavy atom. The molecule has 0 aliphatic carbocycles. The zero-order valence-corrected chi connectivity index (χ0v) is 16.7. The fourth-order valence-corrected chi connectivity index (χ4v) is 3.25. The van der Waals surface area contributed by atoms with Crippen LogP contribution in [0.3, 0.4) is 0 Å².